The van der Waals surface area contributed by atoms with Crippen molar-refractivity contribution in [1.82, 2.24) is 0 Å². The molecule has 1 saturated carbocycles. The molecule has 0 bridgehead atoms. The van der Waals surface area contributed by atoms with E-state index in [2.05, 4.69) is 0 Å². The highest BCUT2D eigenvalue weighted by atomic mass is 16.5. The molecular formula is C14H24O4. The average molecular weight is 256 g/mol. The topological polar surface area (TPSA) is 52.6 Å². The molecule has 0 spiro atoms. The van der Waals surface area contributed by atoms with Crippen LogP contribution in [0, 0.1) is 0 Å². The average Bonchev–Trinajstić information content (AvgIpc) is 2.30. The molecule has 18 heavy (non-hydrogen) atoms. The van der Waals surface area contributed by atoms with Gasteiger partial charge in [0.25, 0.3) is 0 Å². The number of hydrogen-bond acceptors (Lipinski definition) is 4. The van der Waals surface area contributed by atoms with Crippen LogP contribution in [0.15, 0.2) is 0 Å². The zero-order chi connectivity index (χ0) is 13.4. The Bertz CT molecular complexity index is 247. The fourth-order valence-corrected chi connectivity index (χ4v) is 2.15. The smallest absolute Gasteiger partial charge is 0.132 e. The molecular weight excluding hydrogens is 232 g/mol. The zero-order valence-corrected chi connectivity index (χ0v) is 11.4. The van der Waals surface area contributed by atoms with Crippen molar-refractivity contribution in [3.63, 3.8) is 0 Å². The molecule has 0 aromatic heterocycles. The third-order valence-corrected chi connectivity index (χ3v) is 3.21. The van der Waals surface area contributed by atoms with Gasteiger partial charge in [-0.2, -0.15) is 0 Å². The summed E-state index contributed by atoms with van der Waals surface area (Å²) in [6, 6.07) is 0. The van der Waals surface area contributed by atoms with Crippen LogP contribution in [0.1, 0.15) is 52.4 Å². The highest BCUT2D eigenvalue weighted by molar-refractivity contribution is 5.75. The maximum atomic E-state index is 10.9. The molecule has 1 rings (SSSR count). The van der Waals surface area contributed by atoms with E-state index in [0.29, 0.717) is 26.1 Å². The Balaban J connectivity index is 2.27. The molecule has 0 N–H and O–H groups in total. The van der Waals surface area contributed by atoms with E-state index < -0.39 is 0 Å². The van der Waals surface area contributed by atoms with Gasteiger partial charge in [0.1, 0.15) is 11.6 Å². The van der Waals surface area contributed by atoms with Crippen LogP contribution in [0.4, 0.5) is 0 Å². The van der Waals surface area contributed by atoms with E-state index in [4.69, 9.17) is 9.47 Å². The number of carbonyl (C=O) groups excluding carboxylic acids is 2. The van der Waals surface area contributed by atoms with Gasteiger partial charge in [-0.05, 0) is 26.7 Å². The van der Waals surface area contributed by atoms with E-state index in [9.17, 15) is 9.59 Å². The molecule has 0 aromatic carbocycles. The fraction of sp³-hybridized carbons (Fsp3) is 0.857. The quantitative estimate of drug-likeness (QED) is 0.668. The summed E-state index contributed by atoms with van der Waals surface area (Å²) in [6.45, 7) is 4.11. The van der Waals surface area contributed by atoms with Crippen LogP contribution in [0.5, 0.6) is 0 Å². The van der Waals surface area contributed by atoms with Gasteiger partial charge in [-0.25, -0.2) is 0 Å². The molecule has 2 unspecified atom stereocenters. The van der Waals surface area contributed by atoms with E-state index in [0.717, 1.165) is 25.7 Å². The first-order valence-corrected chi connectivity index (χ1v) is 6.81. The SMILES string of the molecule is CC(=O)CCOC1CCCCC1OCCC(C)=O. The van der Waals surface area contributed by atoms with Crippen LogP contribution in [0.3, 0.4) is 0 Å². The van der Waals surface area contributed by atoms with Gasteiger partial charge >= 0.3 is 0 Å². The Morgan fingerprint density at radius 1 is 0.889 bits per heavy atom. The molecule has 0 aromatic rings. The van der Waals surface area contributed by atoms with Gasteiger partial charge < -0.3 is 9.47 Å². The predicted molar refractivity (Wildman–Crippen MR) is 68.5 cm³/mol. The van der Waals surface area contributed by atoms with Gasteiger partial charge in [0.05, 0.1) is 25.4 Å². The number of rotatable bonds is 8. The molecule has 0 radical (unpaired) electrons. The van der Waals surface area contributed by atoms with Crippen molar-refractivity contribution in [2.75, 3.05) is 13.2 Å². The number of ether oxygens (including phenoxy) is 2. The monoisotopic (exact) mass is 256 g/mol. The molecule has 104 valence electrons. The molecule has 1 aliphatic carbocycles. The van der Waals surface area contributed by atoms with Crippen LogP contribution < -0.4 is 0 Å². The van der Waals surface area contributed by atoms with Crippen molar-refractivity contribution in [2.45, 2.75) is 64.6 Å². The van der Waals surface area contributed by atoms with Crippen molar-refractivity contribution in [1.29, 1.82) is 0 Å². The van der Waals surface area contributed by atoms with E-state index in [1.807, 2.05) is 0 Å². The third kappa shape index (κ3) is 6.26. The number of ketones is 2. The fourth-order valence-electron chi connectivity index (χ4n) is 2.15. The molecule has 4 heteroatoms. The van der Waals surface area contributed by atoms with Crippen molar-refractivity contribution >= 4 is 11.6 Å². The van der Waals surface area contributed by atoms with Crippen molar-refractivity contribution < 1.29 is 19.1 Å². The Morgan fingerprint density at radius 3 is 1.61 bits per heavy atom. The standard InChI is InChI=1S/C14H24O4/c1-11(15)7-9-17-13-5-3-4-6-14(13)18-10-8-12(2)16/h13-14H,3-10H2,1-2H3. The van der Waals surface area contributed by atoms with Crippen LogP contribution >= 0.6 is 0 Å². The predicted octanol–water partition coefficient (Wildman–Crippen LogP) is 2.29. The largest absolute Gasteiger partial charge is 0.375 e. The minimum Gasteiger partial charge on any atom is -0.375 e. The summed E-state index contributed by atoms with van der Waals surface area (Å²) in [4.78, 5) is 21.7. The lowest BCUT2D eigenvalue weighted by atomic mass is 9.94. The van der Waals surface area contributed by atoms with Gasteiger partial charge in [0.2, 0.25) is 0 Å². The van der Waals surface area contributed by atoms with Crippen molar-refractivity contribution in [3.8, 4) is 0 Å². The van der Waals surface area contributed by atoms with Crippen molar-refractivity contribution in [2.24, 2.45) is 0 Å². The molecule has 0 aliphatic heterocycles. The third-order valence-electron chi connectivity index (χ3n) is 3.21. The van der Waals surface area contributed by atoms with Gasteiger partial charge in [0.15, 0.2) is 0 Å². The molecule has 0 amide bonds. The summed E-state index contributed by atoms with van der Waals surface area (Å²) < 4.78 is 11.5. The van der Waals surface area contributed by atoms with E-state index in [-0.39, 0.29) is 23.8 Å². The molecule has 0 saturated heterocycles. The van der Waals surface area contributed by atoms with Gasteiger partial charge in [0, 0.05) is 12.8 Å². The van der Waals surface area contributed by atoms with Gasteiger partial charge in [-0.15, -0.1) is 0 Å². The molecule has 4 nitrogen and oxygen atoms in total. The maximum absolute atomic E-state index is 10.9. The second-order valence-electron chi connectivity index (χ2n) is 5.01. The first-order valence-electron chi connectivity index (χ1n) is 6.81. The lowest BCUT2D eigenvalue weighted by molar-refractivity contribution is -0.125. The minimum atomic E-state index is 0.0880. The summed E-state index contributed by atoms with van der Waals surface area (Å²) in [6.07, 6.45) is 5.39. The Labute approximate surface area is 109 Å². The maximum Gasteiger partial charge on any atom is 0.132 e. The molecule has 2 atom stereocenters. The molecule has 0 heterocycles. The number of Topliss-reactive ketones (excluding diaryl/α,β-unsaturated/α-hetero) is 2. The van der Waals surface area contributed by atoms with Crippen molar-refractivity contribution in [3.05, 3.63) is 0 Å². The lowest BCUT2D eigenvalue weighted by Crippen LogP contribution is -2.35. The normalized spacial score (nSPS) is 23.9. The molecule has 1 fully saturated rings. The van der Waals surface area contributed by atoms with E-state index >= 15 is 0 Å². The first-order chi connectivity index (χ1) is 8.59. The summed E-state index contributed by atoms with van der Waals surface area (Å²) in [5.74, 6) is 0.305. The number of hydrogen-bond donors (Lipinski definition) is 0. The van der Waals surface area contributed by atoms with Gasteiger partial charge in [-0.1, -0.05) is 12.8 Å². The summed E-state index contributed by atoms with van der Waals surface area (Å²) in [5, 5.41) is 0. The highest BCUT2D eigenvalue weighted by Gasteiger charge is 2.26. The molecule has 1 aliphatic rings. The summed E-state index contributed by atoms with van der Waals surface area (Å²) in [5.41, 5.74) is 0. The highest BCUT2D eigenvalue weighted by Crippen LogP contribution is 2.24. The van der Waals surface area contributed by atoms with Crippen LogP contribution in [0.2, 0.25) is 0 Å². The Hall–Kier alpha value is -0.740. The second kappa shape index (κ2) is 8.38. The minimum absolute atomic E-state index is 0.0880. The van der Waals surface area contributed by atoms with Crippen LogP contribution in [-0.4, -0.2) is 37.0 Å². The Kier molecular flexibility index (Phi) is 7.13. The first kappa shape index (κ1) is 15.3. The summed E-state index contributed by atoms with van der Waals surface area (Å²) >= 11 is 0. The van der Waals surface area contributed by atoms with Crippen LogP contribution in [0.25, 0.3) is 0 Å². The van der Waals surface area contributed by atoms with Gasteiger partial charge in [-0.3, -0.25) is 9.59 Å². The Morgan fingerprint density at radius 2 is 1.28 bits per heavy atom. The number of carbonyl (C=O) groups is 2. The van der Waals surface area contributed by atoms with Crippen LogP contribution in [-0.2, 0) is 19.1 Å². The van der Waals surface area contributed by atoms with E-state index in [1.165, 1.54) is 0 Å². The zero-order valence-electron chi connectivity index (χ0n) is 11.4. The second-order valence-corrected chi connectivity index (χ2v) is 5.01. The summed E-state index contributed by atoms with van der Waals surface area (Å²) in [7, 11) is 0. The lowest BCUT2D eigenvalue weighted by Gasteiger charge is -2.31. The van der Waals surface area contributed by atoms with E-state index in [1.54, 1.807) is 13.8 Å².